The number of benzene rings is 2. The Morgan fingerprint density at radius 1 is 0.895 bits per heavy atom. The topological polar surface area (TPSA) is 35.3 Å². The molecule has 3 aromatic rings. The fourth-order valence-electron chi connectivity index (χ4n) is 1.82. The van der Waals surface area contributed by atoms with E-state index in [0.717, 1.165) is 22.6 Å². The summed E-state index contributed by atoms with van der Waals surface area (Å²) in [4.78, 5) is 0. The molecule has 94 valence electrons. The van der Waals surface area contributed by atoms with Gasteiger partial charge in [0.05, 0.1) is 0 Å². The van der Waals surface area contributed by atoms with Crippen molar-refractivity contribution in [3.8, 4) is 17.0 Å². The minimum atomic E-state index is 0.574. The van der Waals surface area contributed by atoms with Crippen LogP contribution in [-0.4, -0.2) is 5.16 Å². The van der Waals surface area contributed by atoms with Crippen LogP contribution in [0.4, 0.5) is 0 Å². The number of hydrogen-bond donors (Lipinski definition) is 0. The molecule has 2 aromatic carbocycles. The van der Waals surface area contributed by atoms with Crippen LogP contribution in [0.15, 0.2) is 71.4 Å². The first-order chi connectivity index (χ1) is 9.42. The second-order valence-electron chi connectivity index (χ2n) is 4.18. The van der Waals surface area contributed by atoms with Crippen molar-refractivity contribution >= 4 is 0 Å². The molecule has 19 heavy (non-hydrogen) atoms. The van der Waals surface area contributed by atoms with E-state index in [4.69, 9.17) is 9.26 Å². The second-order valence-corrected chi connectivity index (χ2v) is 4.18. The van der Waals surface area contributed by atoms with Gasteiger partial charge in [-0.2, -0.15) is 0 Å². The van der Waals surface area contributed by atoms with Crippen molar-refractivity contribution in [1.82, 2.24) is 5.16 Å². The summed E-state index contributed by atoms with van der Waals surface area (Å²) in [5.74, 6) is 0.844. The van der Waals surface area contributed by atoms with Gasteiger partial charge < -0.3 is 9.26 Å². The molecule has 0 N–H and O–H groups in total. The highest BCUT2D eigenvalue weighted by Crippen LogP contribution is 2.21. The van der Waals surface area contributed by atoms with Crippen LogP contribution in [0.2, 0.25) is 0 Å². The van der Waals surface area contributed by atoms with Gasteiger partial charge in [-0.1, -0.05) is 35.5 Å². The molecule has 3 rings (SSSR count). The maximum atomic E-state index is 5.72. The van der Waals surface area contributed by atoms with Gasteiger partial charge in [-0.15, -0.1) is 0 Å². The molecule has 0 aliphatic heterocycles. The highest BCUT2D eigenvalue weighted by atomic mass is 16.5. The van der Waals surface area contributed by atoms with Crippen LogP contribution in [0.25, 0.3) is 11.3 Å². The summed E-state index contributed by atoms with van der Waals surface area (Å²) >= 11 is 0. The first-order valence-electron chi connectivity index (χ1n) is 6.09. The Labute approximate surface area is 111 Å². The molecule has 1 aromatic heterocycles. The molecule has 0 aliphatic carbocycles. The lowest BCUT2D eigenvalue weighted by atomic mass is 10.1. The van der Waals surface area contributed by atoms with E-state index in [0.29, 0.717) is 6.61 Å². The highest BCUT2D eigenvalue weighted by molar-refractivity contribution is 5.59. The Balaban J connectivity index is 1.67. The fourth-order valence-corrected chi connectivity index (χ4v) is 1.82. The average molecular weight is 251 g/mol. The summed E-state index contributed by atoms with van der Waals surface area (Å²) < 4.78 is 10.5. The van der Waals surface area contributed by atoms with E-state index in [1.54, 1.807) is 6.26 Å². The van der Waals surface area contributed by atoms with E-state index in [2.05, 4.69) is 5.16 Å². The van der Waals surface area contributed by atoms with Crippen molar-refractivity contribution in [3.05, 3.63) is 72.5 Å². The zero-order valence-corrected chi connectivity index (χ0v) is 10.3. The summed E-state index contributed by atoms with van der Waals surface area (Å²) in [5, 5.41) is 3.89. The molecule has 0 atom stereocenters. The van der Waals surface area contributed by atoms with Crippen LogP contribution in [0.1, 0.15) is 5.56 Å². The average Bonchev–Trinajstić information content (AvgIpc) is 3.01. The summed E-state index contributed by atoms with van der Waals surface area (Å²) in [5.41, 5.74) is 3.00. The quantitative estimate of drug-likeness (QED) is 0.705. The summed E-state index contributed by atoms with van der Waals surface area (Å²) in [6.07, 6.45) is 1.56. The molecule has 0 aliphatic rings. The third-order valence-electron chi connectivity index (χ3n) is 2.84. The molecular formula is C16H13NO2. The van der Waals surface area contributed by atoms with Crippen molar-refractivity contribution in [2.24, 2.45) is 0 Å². The number of ether oxygens (including phenoxy) is 1. The SMILES string of the molecule is c1ccc(COc2ccc(-c3ccon3)cc2)cc1. The van der Waals surface area contributed by atoms with Crippen molar-refractivity contribution < 1.29 is 9.26 Å². The molecule has 3 nitrogen and oxygen atoms in total. The van der Waals surface area contributed by atoms with Crippen LogP contribution in [0, 0.1) is 0 Å². The van der Waals surface area contributed by atoms with Gasteiger partial charge in [0.1, 0.15) is 24.3 Å². The Morgan fingerprint density at radius 3 is 2.37 bits per heavy atom. The van der Waals surface area contributed by atoms with E-state index in [1.165, 1.54) is 0 Å². The lowest BCUT2D eigenvalue weighted by Crippen LogP contribution is -1.94. The lowest BCUT2D eigenvalue weighted by molar-refractivity contribution is 0.306. The minimum absolute atomic E-state index is 0.574. The van der Waals surface area contributed by atoms with Crippen LogP contribution in [0.3, 0.4) is 0 Å². The first-order valence-corrected chi connectivity index (χ1v) is 6.09. The Kier molecular flexibility index (Phi) is 3.28. The molecule has 3 heteroatoms. The van der Waals surface area contributed by atoms with Crippen molar-refractivity contribution in [3.63, 3.8) is 0 Å². The number of nitrogens with zero attached hydrogens (tertiary/aromatic N) is 1. The van der Waals surface area contributed by atoms with E-state index in [-0.39, 0.29) is 0 Å². The van der Waals surface area contributed by atoms with Gasteiger partial charge in [-0.05, 0) is 29.8 Å². The Bertz CT molecular complexity index is 616. The van der Waals surface area contributed by atoms with Gasteiger partial charge in [-0.25, -0.2) is 0 Å². The van der Waals surface area contributed by atoms with E-state index in [1.807, 2.05) is 60.7 Å². The normalized spacial score (nSPS) is 10.3. The molecule has 0 amide bonds. The minimum Gasteiger partial charge on any atom is -0.489 e. The first kappa shape index (κ1) is 11.5. The van der Waals surface area contributed by atoms with Crippen LogP contribution in [-0.2, 0) is 6.61 Å². The second kappa shape index (κ2) is 5.40. The smallest absolute Gasteiger partial charge is 0.124 e. The largest absolute Gasteiger partial charge is 0.489 e. The molecule has 1 heterocycles. The molecule has 0 saturated carbocycles. The molecule has 0 spiro atoms. The van der Waals surface area contributed by atoms with Gasteiger partial charge in [-0.3, -0.25) is 0 Å². The molecule has 0 bridgehead atoms. The number of aromatic nitrogens is 1. The monoisotopic (exact) mass is 251 g/mol. The predicted molar refractivity (Wildman–Crippen MR) is 72.7 cm³/mol. The molecule has 0 fully saturated rings. The Morgan fingerprint density at radius 2 is 1.68 bits per heavy atom. The predicted octanol–water partition coefficient (Wildman–Crippen LogP) is 3.92. The van der Waals surface area contributed by atoms with Crippen LogP contribution < -0.4 is 4.74 Å². The number of hydrogen-bond acceptors (Lipinski definition) is 3. The van der Waals surface area contributed by atoms with Gasteiger partial charge >= 0.3 is 0 Å². The van der Waals surface area contributed by atoms with Gasteiger partial charge in [0, 0.05) is 11.6 Å². The number of rotatable bonds is 4. The van der Waals surface area contributed by atoms with Crippen molar-refractivity contribution in [1.29, 1.82) is 0 Å². The third kappa shape index (κ3) is 2.83. The molecule has 0 radical (unpaired) electrons. The summed E-state index contributed by atoms with van der Waals surface area (Å²) in [7, 11) is 0. The fraction of sp³-hybridized carbons (Fsp3) is 0.0625. The molecular weight excluding hydrogens is 238 g/mol. The lowest BCUT2D eigenvalue weighted by Gasteiger charge is -2.06. The van der Waals surface area contributed by atoms with E-state index >= 15 is 0 Å². The zero-order chi connectivity index (χ0) is 12.9. The zero-order valence-electron chi connectivity index (χ0n) is 10.3. The van der Waals surface area contributed by atoms with Crippen molar-refractivity contribution in [2.45, 2.75) is 6.61 Å². The van der Waals surface area contributed by atoms with Gasteiger partial charge in [0.25, 0.3) is 0 Å². The maximum Gasteiger partial charge on any atom is 0.124 e. The summed E-state index contributed by atoms with van der Waals surface area (Å²) in [6, 6.07) is 19.7. The highest BCUT2D eigenvalue weighted by Gasteiger charge is 2.01. The van der Waals surface area contributed by atoms with Gasteiger partial charge in [0.15, 0.2) is 0 Å². The van der Waals surface area contributed by atoms with Crippen LogP contribution >= 0.6 is 0 Å². The van der Waals surface area contributed by atoms with E-state index in [9.17, 15) is 0 Å². The Hall–Kier alpha value is -2.55. The van der Waals surface area contributed by atoms with Crippen molar-refractivity contribution in [2.75, 3.05) is 0 Å². The molecule has 0 unspecified atom stereocenters. The van der Waals surface area contributed by atoms with E-state index < -0.39 is 0 Å². The van der Waals surface area contributed by atoms with Gasteiger partial charge in [0.2, 0.25) is 0 Å². The third-order valence-corrected chi connectivity index (χ3v) is 2.84. The standard InChI is InChI=1S/C16H13NO2/c1-2-4-13(5-3-1)12-18-15-8-6-14(7-9-15)16-10-11-19-17-16/h1-11H,12H2. The maximum absolute atomic E-state index is 5.72. The van der Waals surface area contributed by atoms with Crippen LogP contribution in [0.5, 0.6) is 5.75 Å². The molecule has 0 saturated heterocycles. The summed E-state index contributed by atoms with van der Waals surface area (Å²) in [6.45, 7) is 0.574.